The van der Waals surface area contributed by atoms with Crippen LogP contribution in [0.4, 0.5) is 5.69 Å². The molecule has 7 heteroatoms. The fourth-order valence-electron chi connectivity index (χ4n) is 3.24. The predicted molar refractivity (Wildman–Crippen MR) is 84.2 cm³/mol. The van der Waals surface area contributed by atoms with Gasteiger partial charge in [0, 0.05) is 18.9 Å². The molecule has 0 aliphatic carbocycles. The number of aromatic nitrogens is 3. The van der Waals surface area contributed by atoms with Crippen LogP contribution in [0.5, 0.6) is 5.88 Å². The molecule has 2 aliphatic rings. The molecular formula is C16H20N4O3. The lowest BCUT2D eigenvalue weighted by molar-refractivity contribution is -0.228. The van der Waals surface area contributed by atoms with Gasteiger partial charge >= 0.3 is 0 Å². The van der Waals surface area contributed by atoms with Crippen LogP contribution < -0.4 is 9.64 Å². The number of nitrogens with zero attached hydrogens (tertiary/aromatic N) is 4. The van der Waals surface area contributed by atoms with Crippen molar-refractivity contribution in [3.05, 3.63) is 30.7 Å². The van der Waals surface area contributed by atoms with E-state index in [2.05, 4.69) is 28.0 Å². The van der Waals surface area contributed by atoms with Gasteiger partial charge < -0.3 is 19.1 Å². The van der Waals surface area contributed by atoms with Crippen LogP contribution in [0.15, 0.2) is 30.7 Å². The summed E-state index contributed by atoms with van der Waals surface area (Å²) in [5.41, 5.74) is 1.65. The molecule has 4 heterocycles. The molecule has 0 amide bonds. The highest BCUT2D eigenvalue weighted by atomic mass is 16.6. The molecule has 0 saturated carbocycles. The zero-order valence-corrected chi connectivity index (χ0v) is 13.3. The maximum absolute atomic E-state index is 6.00. The Morgan fingerprint density at radius 1 is 1.39 bits per heavy atom. The highest BCUT2D eigenvalue weighted by Crippen LogP contribution is 2.38. The van der Waals surface area contributed by atoms with E-state index in [4.69, 9.17) is 14.2 Å². The zero-order chi connectivity index (χ0) is 15.9. The second-order valence-corrected chi connectivity index (χ2v) is 5.95. The van der Waals surface area contributed by atoms with E-state index in [1.54, 1.807) is 24.2 Å². The standard InChI is InChI=1S/C16H20N4O3/c1-12-16(10-22-11-16)23-7-6-19(12)14-8-13(9-17-15(14)21-2)20-5-3-4-18-20/h3-5,8-9,12H,6-7,10-11H2,1-2H3. The molecule has 0 N–H and O–H groups in total. The number of hydrogen-bond donors (Lipinski definition) is 0. The van der Waals surface area contributed by atoms with Gasteiger partial charge in [-0.1, -0.05) is 0 Å². The molecule has 2 fully saturated rings. The SMILES string of the molecule is COc1ncc(-n2cccn2)cc1N1CCOC2(COC2)C1C. The van der Waals surface area contributed by atoms with E-state index < -0.39 is 0 Å². The maximum Gasteiger partial charge on any atom is 0.237 e. The molecule has 0 bridgehead atoms. The monoisotopic (exact) mass is 316 g/mol. The minimum atomic E-state index is -0.217. The van der Waals surface area contributed by atoms with Crippen molar-refractivity contribution in [2.24, 2.45) is 0 Å². The van der Waals surface area contributed by atoms with Crippen molar-refractivity contribution in [2.45, 2.75) is 18.6 Å². The van der Waals surface area contributed by atoms with Gasteiger partial charge in [0.15, 0.2) is 0 Å². The Balaban J connectivity index is 1.73. The summed E-state index contributed by atoms with van der Waals surface area (Å²) in [5, 5.41) is 4.28. The Morgan fingerprint density at radius 2 is 2.26 bits per heavy atom. The number of ether oxygens (including phenoxy) is 3. The number of hydrogen-bond acceptors (Lipinski definition) is 6. The lowest BCUT2D eigenvalue weighted by atomic mass is 9.90. The summed E-state index contributed by atoms with van der Waals surface area (Å²) in [4.78, 5) is 6.75. The topological polar surface area (TPSA) is 61.6 Å². The maximum atomic E-state index is 6.00. The van der Waals surface area contributed by atoms with Gasteiger partial charge in [0.25, 0.3) is 0 Å². The smallest absolute Gasteiger partial charge is 0.237 e. The van der Waals surface area contributed by atoms with Crippen molar-refractivity contribution in [1.82, 2.24) is 14.8 Å². The lowest BCUT2D eigenvalue weighted by Crippen LogP contribution is -2.68. The van der Waals surface area contributed by atoms with Crippen LogP contribution in [-0.2, 0) is 9.47 Å². The predicted octanol–water partition coefficient (Wildman–Crippen LogP) is 1.27. The molecule has 2 aromatic rings. The van der Waals surface area contributed by atoms with Crippen molar-refractivity contribution in [2.75, 3.05) is 38.4 Å². The van der Waals surface area contributed by atoms with Crippen LogP contribution in [0.25, 0.3) is 5.69 Å². The van der Waals surface area contributed by atoms with Crippen LogP contribution >= 0.6 is 0 Å². The molecule has 2 aliphatic heterocycles. The zero-order valence-electron chi connectivity index (χ0n) is 13.3. The Morgan fingerprint density at radius 3 is 2.91 bits per heavy atom. The van der Waals surface area contributed by atoms with Crippen molar-refractivity contribution in [3.63, 3.8) is 0 Å². The molecule has 0 radical (unpaired) electrons. The third-order valence-corrected chi connectivity index (χ3v) is 4.73. The normalized spacial score (nSPS) is 22.9. The van der Waals surface area contributed by atoms with Gasteiger partial charge in [0.2, 0.25) is 5.88 Å². The number of anilines is 1. The van der Waals surface area contributed by atoms with Crippen molar-refractivity contribution in [1.29, 1.82) is 0 Å². The van der Waals surface area contributed by atoms with E-state index in [1.165, 1.54) is 0 Å². The summed E-state index contributed by atoms with van der Waals surface area (Å²) in [7, 11) is 1.65. The fraction of sp³-hybridized carbons (Fsp3) is 0.500. The first kappa shape index (κ1) is 14.5. The molecule has 23 heavy (non-hydrogen) atoms. The number of pyridine rings is 1. The van der Waals surface area contributed by atoms with E-state index in [0.29, 0.717) is 25.7 Å². The van der Waals surface area contributed by atoms with E-state index in [-0.39, 0.29) is 11.6 Å². The van der Waals surface area contributed by atoms with Crippen molar-refractivity contribution < 1.29 is 14.2 Å². The first-order valence-electron chi connectivity index (χ1n) is 7.76. The van der Waals surface area contributed by atoms with Crippen LogP contribution in [0.1, 0.15) is 6.92 Å². The number of methoxy groups -OCH3 is 1. The summed E-state index contributed by atoms with van der Waals surface area (Å²) >= 11 is 0. The van der Waals surface area contributed by atoms with Crippen LogP contribution in [-0.4, -0.2) is 59.9 Å². The van der Waals surface area contributed by atoms with Crippen LogP contribution in [0, 0.1) is 0 Å². The number of rotatable bonds is 3. The first-order valence-corrected chi connectivity index (χ1v) is 7.76. The second kappa shape index (κ2) is 5.50. The van der Waals surface area contributed by atoms with E-state index in [0.717, 1.165) is 17.9 Å². The molecule has 122 valence electrons. The van der Waals surface area contributed by atoms with Crippen molar-refractivity contribution in [3.8, 4) is 11.6 Å². The van der Waals surface area contributed by atoms with Gasteiger partial charge in [-0.2, -0.15) is 5.10 Å². The molecule has 2 aromatic heterocycles. The Hall–Kier alpha value is -2.12. The van der Waals surface area contributed by atoms with E-state index in [9.17, 15) is 0 Å². The Labute approximate surface area is 134 Å². The molecule has 1 atom stereocenters. The summed E-state index contributed by atoms with van der Waals surface area (Å²) in [6, 6.07) is 4.14. The lowest BCUT2D eigenvalue weighted by Gasteiger charge is -2.53. The minimum Gasteiger partial charge on any atom is -0.480 e. The van der Waals surface area contributed by atoms with Crippen LogP contribution in [0.2, 0.25) is 0 Å². The average molecular weight is 316 g/mol. The summed E-state index contributed by atoms with van der Waals surface area (Å²) in [6.07, 6.45) is 5.42. The van der Waals surface area contributed by atoms with Crippen LogP contribution in [0.3, 0.4) is 0 Å². The molecule has 7 nitrogen and oxygen atoms in total. The first-order chi connectivity index (χ1) is 11.2. The highest BCUT2D eigenvalue weighted by molar-refractivity contribution is 5.60. The van der Waals surface area contributed by atoms with Gasteiger partial charge in [-0.3, -0.25) is 0 Å². The summed E-state index contributed by atoms with van der Waals surface area (Å²) in [5.74, 6) is 0.616. The minimum absolute atomic E-state index is 0.188. The van der Waals surface area contributed by atoms with Gasteiger partial charge in [0.1, 0.15) is 11.3 Å². The van der Waals surface area contributed by atoms with E-state index >= 15 is 0 Å². The quantitative estimate of drug-likeness (QED) is 0.850. The van der Waals surface area contributed by atoms with Gasteiger partial charge in [-0.25, -0.2) is 9.67 Å². The summed E-state index contributed by atoms with van der Waals surface area (Å²) in [6.45, 7) is 4.91. The van der Waals surface area contributed by atoms with Gasteiger partial charge in [-0.05, 0) is 19.1 Å². The van der Waals surface area contributed by atoms with Gasteiger partial charge in [-0.15, -0.1) is 0 Å². The third-order valence-electron chi connectivity index (χ3n) is 4.73. The second-order valence-electron chi connectivity index (χ2n) is 5.95. The molecule has 1 spiro atoms. The number of morpholine rings is 1. The van der Waals surface area contributed by atoms with Gasteiger partial charge in [0.05, 0.1) is 44.9 Å². The Kier molecular flexibility index (Phi) is 3.46. The molecule has 0 aromatic carbocycles. The highest BCUT2D eigenvalue weighted by Gasteiger charge is 2.50. The molecule has 2 saturated heterocycles. The molecular weight excluding hydrogens is 296 g/mol. The third kappa shape index (κ3) is 2.27. The average Bonchev–Trinajstić information content (AvgIpc) is 3.07. The van der Waals surface area contributed by atoms with Crippen molar-refractivity contribution >= 4 is 5.69 Å². The fourth-order valence-corrected chi connectivity index (χ4v) is 3.24. The molecule has 4 rings (SSSR count). The Bertz CT molecular complexity index is 685. The summed E-state index contributed by atoms with van der Waals surface area (Å²) < 4.78 is 18.7. The largest absolute Gasteiger partial charge is 0.480 e. The molecule has 1 unspecified atom stereocenters. The van der Waals surface area contributed by atoms with E-state index in [1.807, 2.05) is 12.3 Å².